The summed E-state index contributed by atoms with van der Waals surface area (Å²) in [5.74, 6) is 0. The minimum atomic E-state index is 0. The van der Waals surface area contributed by atoms with E-state index < -0.39 is 0 Å². The molecule has 2 aromatic rings. The fourth-order valence-electron chi connectivity index (χ4n) is 1.47. The number of halogens is 2. The molecule has 4 heteroatoms. The Hall–Kier alpha value is -0.910. The highest BCUT2D eigenvalue weighted by Gasteiger charge is 1.98. The summed E-state index contributed by atoms with van der Waals surface area (Å²) in [4.78, 5) is 0. The van der Waals surface area contributed by atoms with Crippen molar-refractivity contribution in [3.05, 3.63) is 64.9 Å². The number of hydrogen-bond acceptors (Lipinski definition) is 0. The minimum Gasteiger partial charge on any atom is -1.00 e. The number of pyridine rings is 1. The lowest BCUT2D eigenvalue weighted by molar-refractivity contribution is -0.673. The molecule has 0 radical (unpaired) electrons. The lowest BCUT2D eigenvalue weighted by Gasteiger charge is -1.94. The number of aryl methyl sites for hydroxylation is 1. The second-order valence-electron chi connectivity index (χ2n) is 3.62. The molecule has 1 aromatic carbocycles. The SMILES string of the molecule is C[n+]1ccccc1/C=C/c1ccc(Cl)cc1.O.[I-]. The van der Waals surface area contributed by atoms with Crippen molar-refractivity contribution in [1.29, 1.82) is 0 Å². The van der Waals surface area contributed by atoms with Gasteiger partial charge in [0.15, 0.2) is 6.20 Å². The summed E-state index contributed by atoms with van der Waals surface area (Å²) in [6, 6.07) is 13.9. The molecule has 0 bridgehead atoms. The molecule has 0 aliphatic rings. The van der Waals surface area contributed by atoms with Gasteiger partial charge in [-0.15, -0.1) is 0 Å². The molecule has 1 aromatic heterocycles. The van der Waals surface area contributed by atoms with Crippen LogP contribution in [-0.2, 0) is 7.05 Å². The summed E-state index contributed by atoms with van der Waals surface area (Å²) in [7, 11) is 2.03. The average Bonchev–Trinajstić information content (AvgIpc) is 2.30. The molecule has 18 heavy (non-hydrogen) atoms. The Morgan fingerprint density at radius 1 is 1.00 bits per heavy atom. The number of benzene rings is 1. The van der Waals surface area contributed by atoms with Gasteiger partial charge in [0.05, 0.1) is 0 Å². The van der Waals surface area contributed by atoms with Gasteiger partial charge in [-0.1, -0.05) is 23.7 Å². The minimum absolute atomic E-state index is 0. The Morgan fingerprint density at radius 2 is 1.67 bits per heavy atom. The molecule has 2 rings (SSSR count). The predicted molar refractivity (Wildman–Crippen MR) is 71.6 cm³/mol. The fraction of sp³-hybridized carbons (Fsp3) is 0.0714. The van der Waals surface area contributed by atoms with Gasteiger partial charge in [-0.3, -0.25) is 0 Å². The van der Waals surface area contributed by atoms with Crippen molar-refractivity contribution in [3.8, 4) is 0 Å². The van der Waals surface area contributed by atoms with E-state index in [9.17, 15) is 0 Å². The zero-order chi connectivity index (χ0) is 11.4. The number of rotatable bonds is 2. The van der Waals surface area contributed by atoms with Crippen LogP contribution in [0, 0.1) is 0 Å². The Morgan fingerprint density at radius 3 is 2.28 bits per heavy atom. The van der Waals surface area contributed by atoms with Crippen LogP contribution in [0.1, 0.15) is 11.3 Å². The van der Waals surface area contributed by atoms with Crippen molar-refractivity contribution in [2.24, 2.45) is 7.05 Å². The summed E-state index contributed by atoms with van der Waals surface area (Å²) in [6.45, 7) is 0. The lowest BCUT2D eigenvalue weighted by atomic mass is 10.2. The van der Waals surface area contributed by atoms with Gasteiger partial charge < -0.3 is 29.5 Å². The quantitative estimate of drug-likeness (QED) is 0.502. The van der Waals surface area contributed by atoms with Gasteiger partial charge in [0.2, 0.25) is 5.69 Å². The van der Waals surface area contributed by atoms with E-state index in [1.165, 1.54) is 0 Å². The van der Waals surface area contributed by atoms with E-state index in [0.717, 1.165) is 16.3 Å². The third kappa shape index (κ3) is 4.76. The van der Waals surface area contributed by atoms with Gasteiger partial charge in [0.25, 0.3) is 0 Å². The van der Waals surface area contributed by atoms with Crippen LogP contribution >= 0.6 is 11.6 Å². The molecule has 0 aliphatic carbocycles. The van der Waals surface area contributed by atoms with E-state index in [1.54, 1.807) is 0 Å². The van der Waals surface area contributed by atoms with Gasteiger partial charge in [-0.2, -0.15) is 0 Å². The largest absolute Gasteiger partial charge is 1.00 e. The predicted octanol–water partition coefficient (Wildman–Crippen LogP) is -0.486. The second-order valence-corrected chi connectivity index (χ2v) is 4.06. The van der Waals surface area contributed by atoms with Crippen molar-refractivity contribution >= 4 is 23.8 Å². The molecule has 0 saturated heterocycles. The van der Waals surface area contributed by atoms with Crippen LogP contribution in [0.2, 0.25) is 5.02 Å². The molecule has 0 aliphatic heterocycles. The van der Waals surface area contributed by atoms with Crippen LogP contribution < -0.4 is 28.5 Å². The van der Waals surface area contributed by atoms with Crippen LogP contribution in [-0.4, -0.2) is 5.48 Å². The first-order chi connectivity index (χ1) is 7.75. The van der Waals surface area contributed by atoms with Gasteiger partial charge >= 0.3 is 0 Å². The Kier molecular flexibility index (Phi) is 7.82. The van der Waals surface area contributed by atoms with Crippen molar-refractivity contribution in [1.82, 2.24) is 0 Å². The molecule has 0 saturated carbocycles. The third-order valence-electron chi connectivity index (χ3n) is 2.41. The summed E-state index contributed by atoms with van der Waals surface area (Å²) in [5.41, 5.74) is 2.31. The van der Waals surface area contributed by atoms with Crippen LogP contribution in [0.15, 0.2) is 48.7 Å². The van der Waals surface area contributed by atoms with E-state index >= 15 is 0 Å². The molecule has 0 atom stereocenters. The number of nitrogens with zero attached hydrogens (tertiary/aromatic N) is 1. The Labute approximate surface area is 129 Å². The van der Waals surface area contributed by atoms with Gasteiger partial charge in [0, 0.05) is 23.2 Å². The topological polar surface area (TPSA) is 35.4 Å². The van der Waals surface area contributed by atoms with Crippen molar-refractivity contribution < 1.29 is 34.0 Å². The highest BCUT2D eigenvalue weighted by atomic mass is 127. The van der Waals surface area contributed by atoms with E-state index in [0.29, 0.717) is 0 Å². The smallest absolute Gasteiger partial charge is 0.204 e. The zero-order valence-electron chi connectivity index (χ0n) is 9.98. The van der Waals surface area contributed by atoms with Crippen LogP contribution in [0.25, 0.3) is 12.2 Å². The molecule has 96 valence electrons. The first kappa shape index (κ1) is 17.1. The zero-order valence-corrected chi connectivity index (χ0v) is 12.9. The number of hydrogen-bond donors (Lipinski definition) is 0. The van der Waals surface area contributed by atoms with Crippen LogP contribution in [0.5, 0.6) is 0 Å². The highest BCUT2D eigenvalue weighted by Crippen LogP contribution is 2.11. The molecular formula is C14H15ClINO. The monoisotopic (exact) mass is 375 g/mol. The third-order valence-corrected chi connectivity index (χ3v) is 2.66. The molecule has 1 heterocycles. The molecule has 2 N–H and O–H groups in total. The summed E-state index contributed by atoms with van der Waals surface area (Å²) >= 11 is 5.83. The fourth-order valence-corrected chi connectivity index (χ4v) is 1.59. The van der Waals surface area contributed by atoms with Gasteiger partial charge in [0.1, 0.15) is 7.05 Å². The molecule has 0 amide bonds. The standard InChI is InChI=1S/C14H13ClN.HI.H2O/c1-16-11-3-2-4-14(16)10-7-12-5-8-13(15)9-6-12;;/h2-11H,1H3;1H;1H2/q+1;;/p-1/b10-7+;;. The number of aromatic nitrogens is 1. The molecule has 0 fully saturated rings. The van der Waals surface area contributed by atoms with Crippen LogP contribution in [0.4, 0.5) is 0 Å². The summed E-state index contributed by atoms with van der Waals surface area (Å²) in [5, 5.41) is 0.766. The van der Waals surface area contributed by atoms with E-state index in [4.69, 9.17) is 11.6 Å². The molecule has 0 unspecified atom stereocenters. The summed E-state index contributed by atoms with van der Waals surface area (Å²) in [6.07, 6.45) is 6.19. The van der Waals surface area contributed by atoms with Crippen LogP contribution in [0.3, 0.4) is 0 Å². The maximum atomic E-state index is 5.83. The molecule has 0 spiro atoms. The lowest BCUT2D eigenvalue weighted by Crippen LogP contribution is -3.00. The maximum Gasteiger partial charge on any atom is 0.204 e. The van der Waals surface area contributed by atoms with Crippen molar-refractivity contribution in [3.63, 3.8) is 0 Å². The Balaban J connectivity index is 0.00000144. The normalized spacial score (nSPS) is 9.67. The first-order valence-corrected chi connectivity index (χ1v) is 5.52. The van der Waals surface area contributed by atoms with E-state index in [1.807, 2.05) is 49.6 Å². The summed E-state index contributed by atoms with van der Waals surface area (Å²) < 4.78 is 2.08. The first-order valence-electron chi connectivity index (χ1n) is 5.14. The Bertz CT molecular complexity index is 511. The molecule has 2 nitrogen and oxygen atoms in total. The molecular weight excluding hydrogens is 361 g/mol. The van der Waals surface area contributed by atoms with E-state index in [-0.39, 0.29) is 29.5 Å². The maximum absolute atomic E-state index is 5.83. The second kappa shape index (κ2) is 8.24. The van der Waals surface area contributed by atoms with E-state index in [2.05, 4.69) is 22.8 Å². The van der Waals surface area contributed by atoms with Gasteiger partial charge in [-0.05, 0) is 29.8 Å². The average molecular weight is 376 g/mol. The van der Waals surface area contributed by atoms with Crippen molar-refractivity contribution in [2.75, 3.05) is 0 Å². The van der Waals surface area contributed by atoms with Crippen molar-refractivity contribution in [2.45, 2.75) is 0 Å². The van der Waals surface area contributed by atoms with Gasteiger partial charge in [-0.25, -0.2) is 4.57 Å². The highest BCUT2D eigenvalue weighted by molar-refractivity contribution is 6.30.